The van der Waals surface area contributed by atoms with Crippen LogP contribution in [0.5, 0.6) is 0 Å². The van der Waals surface area contributed by atoms with E-state index in [1.54, 1.807) is 11.0 Å². The first-order valence-corrected chi connectivity index (χ1v) is 10.8. The second-order valence-electron chi connectivity index (χ2n) is 8.63. The average molecular weight is 409 g/mol. The lowest BCUT2D eigenvalue weighted by atomic mass is 9.91. The van der Waals surface area contributed by atoms with Crippen LogP contribution in [0, 0.1) is 0 Å². The summed E-state index contributed by atoms with van der Waals surface area (Å²) in [5.74, 6) is 1.15. The molecule has 2 fully saturated rings. The van der Waals surface area contributed by atoms with Gasteiger partial charge in [0.25, 0.3) is 5.91 Å². The fraction of sp³-hybridized carbons (Fsp3) is 0.478. The summed E-state index contributed by atoms with van der Waals surface area (Å²) in [5, 5.41) is 16.6. The van der Waals surface area contributed by atoms with Gasteiger partial charge in [-0.05, 0) is 57.0 Å². The van der Waals surface area contributed by atoms with Gasteiger partial charge < -0.3 is 14.4 Å². The summed E-state index contributed by atoms with van der Waals surface area (Å²) < 4.78 is 7.70. The first kappa shape index (κ1) is 19.3. The van der Waals surface area contributed by atoms with Gasteiger partial charge in [0.2, 0.25) is 0 Å². The molecule has 2 aliphatic heterocycles. The molecule has 1 amide bonds. The van der Waals surface area contributed by atoms with Crippen molar-refractivity contribution in [1.82, 2.24) is 19.6 Å². The highest BCUT2D eigenvalue weighted by atomic mass is 16.4. The van der Waals surface area contributed by atoms with Gasteiger partial charge in [0.1, 0.15) is 5.76 Å². The van der Waals surface area contributed by atoms with E-state index in [2.05, 4.69) is 10.00 Å². The van der Waals surface area contributed by atoms with Crippen LogP contribution in [-0.2, 0) is 13.1 Å². The van der Waals surface area contributed by atoms with Crippen LogP contribution in [0.4, 0.5) is 0 Å². The first-order valence-electron chi connectivity index (χ1n) is 10.8. The summed E-state index contributed by atoms with van der Waals surface area (Å²) >= 11 is 0. The number of hydrogen-bond donors (Lipinski definition) is 1. The third kappa shape index (κ3) is 3.87. The van der Waals surface area contributed by atoms with Crippen LogP contribution in [-0.4, -0.2) is 62.4 Å². The van der Waals surface area contributed by atoms with Crippen molar-refractivity contribution >= 4 is 16.8 Å². The molecule has 2 saturated heterocycles. The quantitative estimate of drug-likeness (QED) is 0.703. The number of hydrogen-bond acceptors (Lipinski definition) is 5. The summed E-state index contributed by atoms with van der Waals surface area (Å²) in [6.45, 7) is 4.42. The molecule has 158 valence electrons. The van der Waals surface area contributed by atoms with E-state index in [0.29, 0.717) is 38.2 Å². The molecule has 0 unspecified atom stereocenters. The Balaban J connectivity index is 1.20. The van der Waals surface area contributed by atoms with Gasteiger partial charge in [0, 0.05) is 18.5 Å². The van der Waals surface area contributed by atoms with Crippen molar-refractivity contribution in [2.45, 2.75) is 44.4 Å². The van der Waals surface area contributed by atoms with Gasteiger partial charge in [-0.1, -0.05) is 18.2 Å². The molecule has 5 rings (SSSR count). The van der Waals surface area contributed by atoms with Crippen LogP contribution in [0.15, 0.2) is 47.0 Å². The minimum absolute atomic E-state index is 0.0886. The molecule has 0 saturated carbocycles. The van der Waals surface area contributed by atoms with Gasteiger partial charge >= 0.3 is 0 Å². The number of para-hydroxylation sites is 1. The lowest BCUT2D eigenvalue weighted by Gasteiger charge is -2.37. The normalized spacial score (nSPS) is 19.6. The average Bonchev–Trinajstić information content (AvgIpc) is 3.51. The predicted molar refractivity (Wildman–Crippen MR) is 113 cm³/mol. The summed E-state index contributed by atoms with van der Waals surface area (Å²) in [7, 11) is 0. The molecule has 0 spiro atoms. The van der Waals surface area contributed by atoms with Crippen molar-refractivity contribution < 1.29 is 14.3 Å². The molecule has 3 aromatic rings. The Morgan fingerprint density at radius 1 is 1.07 bits per heavy atom. The first-order chi connectivity index (χ1) is 14.6. The zero-order valence-electron chi connectivity index (χ0n) is 17.2. The van der Waals surface area contributed by atoms with E-state index in [0.717, 1.165) is 36.3 Å². The van der Waals surface area contributed by atoms with E-state index in [4.69, 9.17) is 4.42 Å². The minimum atomic E-state index is -0.865. The molecule has 4 heterocycles. The smallest absolute Gasteiger partial charge is 0.289 e. The van der Waals surface area contributed by atoms with Crippen molar-refractivity contribution in [2.24, 2.45) is 0 Å². The number of rotatable bonds is 5. The fourth-order valence-corrected chi connectivity index (χ4v) is 4.61. The van der Waals surface area contributed by atoms with E-state index in [1.807, 2.05) is 41.2 Å². The Labute approximate surface area is 175 Å². The number of carbonyl (C=O) groups is 1. The summed E-state index contributed by atoms with van der Waals surface area (Å²) in [5.41, 5.74) is 0.154. The van der Waals surface area contributed by atoms with Gasteiger partial charge in [-0.15, -0.1) is 0 Å². The molecule has 0 radical (unpaired) electrons. The molecule has 1 N–H and O–H groups in total. The van der Waals surface area contributed by atoms with Crippen LogP contribution < -0.4 is 0 Å². The largest absolute Gasteiger partial charge is 0.455 e. The summed E-state index contributed by atoms with van der Waals surface area (Å²) in [6.07, 6.45) is 5.34. The summed E-state index contributed by atoms with van der Waals surface area (Å²) in [4.78, 5) is 17.0. The summed E-state index contributed by atoms with van der Waals surface area (Å²) in [6, 6.07) is 11.7. The van der Waals surface area contributed by atoms with Crippen LogP contribution in [0.2, 0.25) is 0 Å². The zero-order valence-corrected chi connectivity index (χ0v) is 17.2. The van der Waals surface area contributed by atoms with E-state index >= 15 is 0 Å². The van der Waals surface area contributed by atoms with Crippen molar-refractivity contribution in [3.63, 3.8) is 0 Å². The van der Waals surface area contributed by atoms with Crippen LogP contribution in [0.3, 0.4) is 0 Å². The number of likely N-dealkylation sites (tertiary alicyclic amines) is 2. The molecule has 0 bridgehead atoms. The van der Waals surface area contributed by atoms with Crippen molar-refractivity contribution in [1.29, 1.82) is 0 Å². The van der Waals surface area contributed by atoms with Crippen molar-refractivity contribution in [3.8, 4) is 0 Å². The molecular formula is C23H28N4O3. The van der Waals surface area contributed by atoms with Gasteiger partial charge in [0.05, 0.1) is 30.4 Å². The van der Waals surface area contributed by atoms with Gasteiger partial charge in [-0.25, -0.2) is 0 Å². The Hall–Kier alpha value is -2.64. The number of carbonyl (C=O) groups excluding carboxylic acids is 1. The van der Waals surface area contributed by atoms with Gasteiger partial charge in [0.15, 0.2) is 5.76 Å². The highest BCUT2D eigenvalue weighted by Crippen LogP contribution is 2.27. The standard InChI is InChI=1S/C23H28N4O3/c28-22(21-8-7-19(30-21)16-25-11-3-4-12-25)26-13-9-23(29,10-14-26)17-27-20-6-2-1-5-18(20)15-24-27/h1-2,5-8,15,29H,3-4,9-14,16-17H2. The fourth-order valence-electron chi connectivity index (χ4n) is 4.61. The molecule has 2 aliphatic rings. The number of piperidine rings is 1. The molecule has 30 heavy (non-hydrogen) atoms. The van der Waals surface area contributed by atoms with E-state index in [1.165, 1.54) is 12.8 Å². The Morgan fingerprint density at radius 3 is 2.63 bits per heavy atom. The van der Waals surface area contributed by atoms with Gasteiger partial charge in [-0.3, -0.25) is 14.4 Å². The SMILES string of the molecule is O=C(c1ccc(CN2CCCC2)o1)N1CCC(O)(Cn2ncc3ccccc32)CC1. The lowest BCUT2D eigenvalue weighted by molar-refractivity contribution is -0.0311. The zero-order chi connectivity index (χ0) is 20.6. The maximum absolute atomic E-state index is 12.9. The molecule has 2 aromatic heterocycles. The Kier molecular flexibility index (Phi) is 5.08. The monoisotopic (exact) mass is 408 g/mol. The molecular weight excluding hydrogens is 380 g/mol. The predicted octanol–water partition coefficient (Wildman–Crippen LogP) is 2.89. The lowest BCUT2D eigenvalue weighted by Crippen LogP contribution is -2.48. The number of amides is 1. The van der Waals surface area contributed by atoms with E-state index in [-0.39, 0.29) is 5.91 Å². The Bertz CT molecular complexity index is 1030. The number of benzene rings is 1. The maximum atomic E-state index is 12.9. The van der Waals surface area contributed by atoms with Crippen molar-refractivity contribution in [3.05, 3.63) is 54.1 Å². The number of aromatic nitrogens is 2. The van der Waals surface area contributed by atoms with Crippen LogP contribution in [0.25, 0.3) is 10.9 Å². The van der Waals surface area contributed by atoms with Crippen LogP contribution in [0.1, 0.15) is 42.0 Å². The number of aliphatic hydroxyl groups is 1. The van der Waals surface area contributed by atoms with E-state index in [9.17, 15) is 9.90 Å². The molecule has 0 atom stereocenters. The topological polar surface area (TPSA) is 74.7 Å². The number of fused-ring (bicyclic) bond motifs is 1. The second-order valence-corrected chi connectivity index (χ2v) is 8.63. The second kappa shape index (κ2) is 7.89. The minimum Gasteiger partial charge on any atom is -0.455 e. The van der Waals surface area contributed by atoms with Gasteiger partial charge in [-0.2, -0.15) is 5.10 Å². The number of nitrogens with zero attached hydrogens (tertiary/aromatic N) is 4. The third-order valence-electron chi connectivity index (χ3n) is 6.43. The molecule has 7 heteroatoms. The number of furan rings is 1. The molecule has 7 nitrogen and oxygen atoms in total. The molecule has 0 aliphatic carbocycles. The maximum Gasteiger partial charge on any atom is 0.289 e. The van der Waals surface area contributed by atoms with E-state index < -0.39 is 5.60 Å². The molecule has 1 aromatic carbocycles. The Morgan fingerprint density at radius 2 is 1.83 bits per heavy atom. The highest BCUT2D eigenvalue weighted by molar-refractivity contribution is 5.91. The third-order valence-corrected chi connectivity index (χ3v) is 6.43. The highest BCUT2D eigenvalue weighted by Gasteiger charge is 2.35. The van der Waals surface area contributed by atoms with Crippen LogP contribution >= 0.6 is 0 Å². The van der Waals surface area contributed by atoms with Crippen molar-refractivity contribution in [2.75, 3.05) is 26.2 Å².